The van der Waals surface area contributed by atoms with Crippen LogP contribution in [0.3, 0.4) is 0 Å². The van der Waals surface area contributed by atoms with Crippen molar-refractivity contribution in [2.24, 2.45) is 0 Å². The van der Waals surface area contributed by atoms with E-state index in [1.165, 1.54) is 5.56 Å². The van der Waals surface area contributed by atoms with E-state index in [0.29, 0.717) is 18.1 Å². The molecular weight excluding hydrogens is 437 g/mol. The van der Waals surface area contributed by atoms with Gasteiger partial charge in [-0.25, -0.2) is 0 Å². The molecule has 3 rings (SSSR count). The average molecular weight is 464 g/mol. The summed E-state index contributed by atoms with van der Waals surface area (Å²) in [6, 6.07) is 12.3. The summed E-state index contributed by atoms with van der Waals surface area (Å²) in [5, 5.41) is 3.22. The molecule has 1 aliphatic heterocycles. The van der Waals surface area contributed by atoms with Crippen molar-refractivity contribution in [1.82, 2.24) is 15.1 Å². The lowest BCUT2D eigenvalue weighted by Gasteiger charge is -2.36. The van der Waals surface area contributed by atoms with E-state index in [2.05, 4.69) is 22.3 Å². The van der Waals surface area contributed by atoms with Gasteiger partial charge in [0.15, 0.2) is 0 Å². The van der Waals surface area contributed by atoms with Gasteiger partial charge in [0, 0.05) is 32.7 Å². The topological polar surface area (TPSA) is 61.9 Å². The van der Waals surface area contributed by atoms with Gasteiger partial charge in [-0.3, -0.25) is 14.5 Å². The Morgan fingerprint density at radius 1 is 1.06 bits per heavy atom. The number of nitrogens with zero attached hydrogens (tertiary/aromatic N) is 2. The zero-order chi connectivity index (χ0) is 22.4. The molecule has 0 aromatic heterocycles. The number of carbonyl (C=O) groups excluding carboxylic acids is 2. The molecule has 6 nitrogen and oxygen atoms in total. The summed E-state index contributed by atoms with van der Waals surface area (Å²) in [7, 11) is 1.66. The Labute approximate surface area is 193 Å². The van der Waals surface area contributed by atoms with Gasteiger partial charge in [-0.2, -0.15) is 0 Å². The first-order valence-corrected chi connectivity index (χ1v) is 11.0. The zero-order valence-corrected chi connectivity index (χ0v) is 19.2. The lowest BCUT2D eigenvalue weighted by Crippen LogP contribution is -2.54. The third kappa shape index (κ3) is 6.12. The van der Waals surface area contributed by atoms with Crippen LogP contribution in [0, 0.1) is 0 Å². The summed E-state index contributed by atoms with van der Waals surface area (Å²) < 4.78 is 5.19. The molecule has 1 aliphatic rings. The van der Waals surface area contributed by atoms with Crippen molar-refractivity contribution in [2.75, 3.05) is 39.8 Å². The molecule has 8 heteroatoms. The van der Waals surface area contributed by atoms with Crippen LogP contribution in [0.4, 0.5) is 0 Å². The van der Waals surface area contributed by atoms with Gasteiger partial charge in [-0.05, 0) is 43.2 Å². The number of halogens is 2. The van der Waals surface area contributed by atoms with E-state index in [4.69, 9.17) is 27.9 Å². The SMILES string of the molecule is COc1ccc(CCN2CCN(C(=O)C(C)NC(=O)c3cccc(Cl)c3Cl)CC2)cc1. The van der Waals surface area contributed by atoms with E-state index >= 15 is 0 Å². The molecule has 0 aliphatic carbocycles. The lowest BCUT2D eigenvalue weighted by atomic mass is 10.1. The predicted octanol–water partition coefficient (Wildman–Crippen LogP) is 3.51. The molecule has 0 saturated carbocycles. The zero-order valence-electron chi connectivity index (χ0n) is 17.7. The van der Waals surface area contributed by atoms with Gasteiger partial charge < -0.3 is 15.0 Å². The number of hydrogen-bond donors (Lipinski definition) is 1. The highest BCUT2D eigenvalue weighted by atomic mass is 35.5. The number of hydrogen-bond acceptors (Lipinski definition) is 4. The minimum Gasteiger partial charge on any atom is -0.497 e. The molecule has 1 fully saturated rings. The Morgan fingerprint density at radius 3 is 2.39 bits per heavy atom. The van der Waals surface area contributed by atoms with Crippen LogP contribution in [-0.4, -0.2) is 67.5 Å². The number of methoxy groups -OCH3 is 1. The van der Waals surface area contributed by atoms with Gasteiger partial charge in [-0.15, -0.1) is 0 Å². The smallest absolute Gasteiger partial charge is 0.253 e. The molecule has 31 heavy (non-hydrogen) atoms. The number of ether oxygens (including phenoxy) is 1. The number of benzene rings is 2. The lowest BCUT2D eigenvalue weighted by molar-refractivity contribution is -0.134. The molecule has 1 atom stereocenters. The fourth-order valence-electron chi connectivity index (χ4n) is 3.56. The van der Waals surface area contributed by atoms with Crippen molar-refractivity contribution in [3.05, 3.63) is 63.6 Å². The number of rotatable bonds is 7. The molecule has 1 unspecified atom stereocenters. The van der Waals surface area contributed by atoms with Gasteiger partial charge in [0.2, 0.25) is 5.91 Å². The maximum Gasteiger partial charge on any atom is 0.253 e. The largest absolute Gasteiger partial charge is 0.497 e. The first-order valence-electron chi connectivity index (χ1n) is 10.3. The fraction of sp³-hybridized carbons (Fsp3) is 0.391. The number of piperazine rings is 1. The Balaban J connectivity index is 1.45. The Morgan fingerprint density at radius 2 is 1.74 bits per heavy atom. The summed E-state index contributed by atoms with van der Waals surface area (Å²) in [6.45, 7) is 5.52. The van der Waals surface area contributed by atoms with Gasteiger partial charge in [0.1, 0.15) is 11.8 Å². The summed E-state index contributed by atoms with van der Waals surface area (Å²) in [6.07, 6.45) is 0.949. The van der Waals surface area contributed by atoms with Gasteiger partial charge in [0.05, 0.1) is 22.7 Å². The number of amides is 2. The first kappa shape index (κ1) is 23.4. The molecule has 2 aromatic rings. The monoisotopic (exact) mass is 463 g/mol. The molecule has 2 amide bonds. The van der Waals surface area contributed by atoms with Crippen LogP contribution >= 0.6 is 23.2 Å². The first-order chi connectivity index (χ1) is 14.9. The van der Waals surface area contributed by atoms with Crippen LogP contribution in [0.25, 0.3) is 0 Å². The van der Waals surface area contributed by atoms with Crippen molar-refractivity contribution in [1.29, 1.82) is 0 Å². The standard InChI is InChI=1S/C23H27Cl2N3O3/c1-16(26-22(29)19-4-3-5-20(24)21(19)25)23(30)28-14-12-27(13-15-28)11-10-17-6-8-18(31-2)9-7-17/h3-9,16H,10-15H2,1-2H3,(H,26,29). The van der Waals surface area contributed by atoms with E-state index in [0.717, 1.165) is 31.8 Å². The Kier molecular flexibility index (Phi) is 8.18. The van der Waals surface area contributed by atoms with Crippen molar-refractivity contribution in [3.8, 4) is 5.75 Å². The van der Waals surface area contributed by atoms with Crippen molar-refractivity contribution in [2.45, 2.75) is 19.4 Å². The summed E-state index contributed by atoms with van der Waals surface area (Å²) in [5.74, 6) is 0.350. The second-order valence-electron chi connectivity index (χ2n) is 7.56. The minimum atomic E-state index is -0.645. The molecule has 1 heterocycles. The third-order valence-corrected chi connectivity index (χ3v) is 6.29. The molecule has 2 aromatic carbocycles. The summed E-state index contributed by atoms with van der Waals surface area (Å²) in [4.78, 5) is 29.4. The van der Waals surface area contributed by atoms with E-state index in [9.17, 15) is 9.59 Å². The van der Waals surface area contributed by atoms with Crippen molar-refractivity contribution in [3.63, 3.8) is 0 Å². The molecule has 0 bridgehead atoms. The van der Waals surface area contributed by atoms with Crippen LogP contribution in [0.2, 0.25) is 10.0 Å². The average Bonchev–Trinajstić information content (AvgIpc) is 2.79. The maximum atomic E-state index is 12.8. The highest BCUT2D eigenvalue weighted by Crippen LogP contribution is 2.25. The van der Waals surface area contributed by atoms with Crippen LogP contribution in [0.5, 0.6) is 5.75 Å². The Hall–Kier alpha value is -2.28. The molecular formula is C23H27Cl2N3O3. The van der Waals surface area contributed by atoms with E-state index in [-0.39, 0.29) is 16.5 Å². The van der Waals surface area contributed by atoms with E-state index < -0.39 is 11.9 Å². The Bertz CT molecular complexity index is 913. The van der Waals surface area contributed by atoms with Crippen molar-refractivity contribution >= 4 is 35.0 Å². The van der Waals surface area contributed by atoms with E-state index in [1.54, 1.807) is 37.1 Å². The van der Waals surface area contributed by atoms with Crippen LogP contribution < -0.4 is 10.1 Å². The van der Waals surface area contributed by atoms with Crippen molar-refractivity contribution < 1.29 is 14.3 Å². The predicted molar refractivity (Wildman–Crippen MR) is 123 cm³/mol. The van der Waals surface area contributed by atoms with Gasteiger partial charge in [0.25, 0.3) is 5.91 Å². The molecule has 1 N–H and O–H groups in total. The molecule has 0 spiro atoms. The quantitative estimate of drug-likeness (QED) is 0.682. The van der Waals surface area contributed by atoms with Crippen LogP contribution in [-0.2, 0) is 11.2 Å². The highest BCUT2D eigenvalue weighted by molar-refractivity contribution is 6.43. The second kappa shape index (κ2) is 10.8. The van der Waals surface area contributed by atoms with Gasteiger partial charge >= 0.3 is 0 Å². The third-order valence-electron chi connectivity index (χ3n) is 5.47. The van der Waals surface area contributed by atoms with Gasteiger partial charge in [-0.1, -0.05) is 41.4 Å². The molecule has 1 saturated heterocycles. The van der Waals surface area contributed by atoms with E-state index in [1.807, 2.05) is 12.1 Å². The van der Waals surface area contributed by atoms with Crippen LogP contribution in [0.15, 0.2) is 42.5 Å². The summed E-state index contributed by atoms with van der Waals surface area (Å²) in [5.41, 5.74) is 1.52. The highest BCUT2D eigenvalue weighted by Gasteiger charge is 2.26. The number of nitrogens with one attached hydrogen (secondary N) is 1. The second-order valence-corrected chi connectivity index (χ2v) is 8.35. The fourth-order valence-corrected chi connectivity index (χ4v) is 3.95. The normalized spacial score (nSPS) is 15.4. The molecule has 166 valence electrons. The minimum absolute atomic E-state index is 0.0960. The summed E-state index contributed by atoms with van der Waals surface area (Å²) >= 11 is 12.1. The van der Waals surface area contributed by atoms with Crippen LogP contribution in [0.1, 0.15) is 22.8 Å². The number of carbonyl (C=O) groups is 2. The molecule has 0 radical (unpaired) electrons. The maximum absolute atomic E-state index is 12.8.